The summed E-state index contributed by atoms with van der Waals surface area (Å²) in [6.45, 7) is 12.9. The molecule has 23 heavy (non-hydrogen) atoms. The largest absolute Gasteiger partial charge is 0.369 e. The zero-order valence-electron chi connectivity index (χ0n) is 15.1. The van der Waals surface area contributed by atoms with E-state index in [1.54, 1.807) is 0 Å². The van der Waals surface area contributed by atoms with E-state index in [1.807, 2.05) is 17.2 Å². The van der Waals surface area contributed by atoms with Crippen molar-refractivity contribution in [1.29, 1.82) is 0 Å². The Morgan fingerprint density at radius 1 is 1.35 bits per heavy atom. The van der Waals surface area contributed by atoms with E-state index >= 15 is 0 Å². The predicted octanol–water partition coefficient (Wildman–Crippen LogP) is 5.26. The van der Waals surface area contributed by atoms with Crippen molar-refractivity contribution in [3.8, 4) is 0 Å². The molecule has 2 unspecified atom stereocenters. The molecule has 1 aromatic carbocycles. The van der Waals surface area contributed by atoms with Crippen LogP contribution in [0.2, 0.25) is 18.1 Å². The zero-order chi connectivity index (χ0) is 17.4. The van der Waals surface area contributed by atoms with E-state index in [0.29, 0.717) is 11.4 Å². The second kappa shape index (κ2) is 6.85. The summed E-state index contributed by atoms with van der Waals surface area (Å²) >= 11 is 6.52. The van der Waals surface area contributed by atoms with Crippen LogP contribution in [-0.4, -0.2) is 19.2 Å². The summed E-state index contributed by atoms with van der Waals surface area (Å²) in [7, 11) is -1.01. The first-order chi connectivity index (χ1) is 10.6. The first-order valence-electron chi connectivity index (χ1n) is 8.41. The third-order valence-electron chi connectivity index (χ3n) is 4.32. The minimum absolute atomic E-state index is 0.0158. The molecule has 0 saturated carbocycles. The number of nitrogens with zero attached hydrogens (tertiary/aromatic N) is 1. The van der Waals surface area contributed by atoms with Gasteiger partial charge in [0.15, 0.2) is 5.72 Å². The molecule has 5 heteroatoms. The number of unbranched alkanes of at least 4 members (excludes halogenated alkanes) is 1. The fourth-order valence-electron chi connectivity index (χ4n) is 3.44. The molecule has 2 atom stereocenters. The van der Waals surface area contributed by atoms with E-state index in [2.05, 4.69) is 46.9 Å². The number of rotatable bonds is 5. The van der Waals surface area contributed by atoms with Crippen molar-refractivity contribution in [3.05, 3.63) is 34.3 Å². The number of hydroxylamine groups is 2. The zero-order valence-corrected chi connectivity index (χ0v) is 16.9. The second-order valence-corrected chi connectivity index (χ2v) is 10.1. The molecule has 1 aliphatic heterocycles. The van der Waals surface area contributed by atoms with Gasteiger partial charge in [-0.25, -0.2) is 0 Å². The van der Waals surface area contributed by atoms with Crippen molar-refractivity contribution in [3.63, 3.8) is 0 Å². The topological polar surface area (TPSA) is 32.7 Å². The molecular weight excluding hydrogens is 326 g/mol. The van der Waals surface area contributed by atoms with Gasteiger partial charge in [0.1, 0.15) is 0 Å². The summed E-state index contributed by atoms with van der Waals surface area (Å²) in [4.78, 5) is 0. The second-order valence-electron chi connectivity index (χ2n) is 7.72. The summed E-state index contributed by atoms with van der Waals surface area (Å²) in [5.74, 6) is 0. The third kappa shape index (κ3) is 3.52. The quantitative estimate of drug-likeness (QED) is 0.732. The summed E-state index contributed by atoms with van der Waals surface area (Å²) in [6, 6.07) is 5.89. The van der Waals surface area contributed by atoms with Gasteiger partial charge in [-0.3, -0.25) is 0 Å². The van der Waals surface area contributed by atoms with Crippen LogP contribution in [0.3, 0.4) is 0 Å². The van der Waals surface area contributed by atoms with E-state index in [4.69, 9.17) is 16.1 Å². The lowest BCUT2D eigenvalue weighted by Gasteiger charge is -2.42. The van der Waals surface area contributed by atoms with Gasteiger partial charge in [-0.1, -0.05) is 57.8 Å². The Labute approximate surface area is 147 Å². The first-order valence-corrected chi connectivity index (χ1v) is 11.2. The third-order valence-corrected chi connectivity index (χ3v) is 5.20. The lowest BCUT2D eigenvalue weighted by atomic mass is 9.83. The van der Waals surface area contributed by atoms with E-state index < -0.39 is 14.8 Å². The van der Waals surface area contributed by atoms with Crippen molar-refractivity contribution < 1.29 is 9.63 Å². The lowest BCUT2D eigenvalue weighted by molar-refractivity contribution is -0.278. The van der Waals surface area contributed by atoms with Crippen molar-refractivity contribution >= 4 is 20.6 Å². The molecule has 0 spiro atoms. The molecule has 0 amide bonds. The highest BCUT2D eigenvalue weighted by molar-refractivity contribution is 6.48. The maximum Gasteiger partial charge on any atom is 0.236 e. The molecule has 1 heterocycles. The number of hydrogen-bond acceptors (Lipinski definition) is 3. The molecule has 129 valence electrons. The number of aliphatic hydroxyl groups is 1. The SMILES string of the molecule is CCCCC1(O)c2c(Cl)cccc2C(C(C)(C)C)N1O[Si](C)C. The van der Waals surface area contributed by atoms with Crippen LogP contribution in [0.5, 0.6) is 0 Å². The molecule has 3 nitrogen and oxygen atoms in total. The molecule has 0 saturated heterocycles. The lowest BCUT2D eigenvalue weighted by Crippen LogP contribution is -2.47. The molecule has 1 aliphatic rings. The molecule has 1 N–H and O–H groups in total. The Kier molecular flexibility index (Phi) is 5.64. The Morgan fingerprint density at radius 3 is 2.52 bits per heavy atom. The summed E-state index contributed by atoms with van der Waals surface area (Å²) in [5.41, 5.74) is 0.696. The maximum absolute atomic E-state index is 11.6. The van der Waals surface area contributed by atoms with Gasteiger partial charge < -0.3 is 9.63 Å². The summed E-state index contributed by atoms with van der Waals surface area (Å²) in [6.07, 6.45) is 2.57. The maximum atomic E-state index is 11.6. The monoisotopic (exact) mass is 354 g/mol. The Hall–Kier alpha value is -0.393. The van der Waals surface area contributed by atoms with E-state index in [-0.39, 0.29) is 11.5 Å². The Bertz CT molecular complexity index is 558. The van der Waals surface area contributed by atoms with Gasteiger partial charge in [-0.05, 0) is 43.0 Å². The van der Waals surface area contributed by atoms with Crippen molar-refractivity contribution in [2.45, 2.75) is 71.8 Å². The highest BCUT2D eigenvalue weighted by Gasteiger charge is 2.54. The smallest absolute Gasteiger partial charge is 0.236 e. The number of halogens is 1. The molecule has 0 aromatic heterocycles. The van der Waals surface area contributed by atoms with Gasteiger partial charge in [0.2, 0.25) is 9.04 Å². The minimum atomic E-state index is -1.15. The molecular formula is C18H29ClNO2Si. The van der Waals surface area contributed by atoms with Gasteiger partial charge in [-0.15, -0.1) is 0 Å². The fourth-order valence-corrected chi connectivity index (χ4v) is 4.43. The van der Waals surface area contributed by atoms with Crippen molar-refractivity contribution in [2.24, 2.45) is 5.41 Å². The average Bonchev–Trinajstić information content (AvgIpc) is 2.67. The fraction of sp³-hybridized carbons (Fsp3) is 0.667. The first kappa shape index (κ1) is 18.9. The average molecular weight is 355 g/mol. The highest BCUT2D eigenvalue weighted by atomic mass is 35.5. The highest BCUT2D eigenvalue weighted by Crippen LogP contribution is 2.55. The molecule has 0 fully saturated rings. The van der Waals surface area contributed by atoms with Gasteiger partial charge in [0.25, 0.3) is 0 Å². The van der Waals surface area contributed by atoms with Crippen LogP contribution < -0.4 is 0 Å². The van der Waals surface area contributed by atoms with E-state index in [1.165, 1.54) is 0 Å². The summed E-state index contributed by atoms with van der Waals surface area (Å²) < 4.78 is 6.23. The Balaban J connectivity index is 2.63. The van der Waals surface area contributed by atoms with Crippen LogP contribution in [0.1, 0.15) is 64.1 Å². The molecule has 0 aliphatic carbocycles. The Morgan fingerprint density at radius 2 is 2.00 bits per heavy atom. The number of benzene rings is 1. The van der Waals surface area contributed by atoms with E-state index in [0.717, 1.165) is 24.0 Å². The van der Waals surface area contributed by atoms with Gasteiger partial charge >= 0.3 is 0 Å². The molecule has 2 rings (SSSR count). The van der Waals surface area contributed by atoms with Crippen LogP contribution in [0.15, 0.2) is 18.2 Å². The minimum Gasteiger partial charge on any atom is -0.369 e. The normalized spacial score (nSPS) is 25.2. The van der Waals surface area contributed by atoms with Gasteiger partial charge in [0.05, 0.1) is 6.04 Å². The molecule has 1 radical (unpaired) electrons. The van der Waals surface area contributed by atoms with Crippen LogP contribution in [0.4, 0.5) is 0 Å². The van der Waals surface area contributed by atoms with E-state index in [9.17, 15) is 5.11 Å². The number of fused-ring (bicyclic) bond motifs is 1. The standard InChI is InChI=1S/C18H29ClNO2Si/c1-7-8-12-18(21)15-13(10-9-11-14(15)19)16(17(2,3)4)20(18)22-23(5)6/h9-11,16,21H,7-8,12H2,1-6H3. The van der Waals surface area contributed by atoms with Gasteiger partial charge in [-0.2, -0.15) is 5.06 Å². The van der Waals surface area contributed by atoms with Crippen LogP contribution in [0.25, 0.3) is 0 Å². The van der Waals surface area contributed by atoms with Crippen molar-refractivity contribution in [1.82, 2.24) is 5.06 Å². The van der Waals surface area contributed by atoms with Crippen LogP contribution in [0, 0.1) is 5.41 Å². The van der Waals surface area contributed by atoms with Gasteiger partial charge in [0, 0.05) is 10.6 Å². The van der Waals surface area contributed by atoms with Crippen LogP contribution >= 0.6 is 11.6 Å². The van der Waals surface area contributed by atoms with Crippen molar-refractivity contribution in [2.75, 3.05) is 0 Å². The van der Waals surface area contributed by atoms with Crippen LogP contribution in [-0.2, 0) is 10.3 Å². The number of hydrogen-bond donors (Lipinski definition) is 1. The molecule has 1 aromatic rings. The predicted molar refractivity (Wildman–Crippen MR) is 97.5 cm³/mol. The molecule has 0 bridgehead atoms. The summed E-state index contributed by atoms with van der Waals surface area (Å²) in [5, 5.41) is 14.1.